The summed E-state index contributed by atoms with van der Waals surface area (Å²) in [7, 11) is 3.79. The van der Waals surface area contributed by atoms with Crippen LogP contribution in [0.25, 0.3) is 0 Å². The van der Waals surface area contributed by atoms with Crippen LogP contribution in [0.3, 0.4) is 0 Å². The van der Waals surface area contributed by atoms with Crippen molar-refractivity contribution < 1.29 is 4.74 Å². The van der Waals surface area contributed by atoms with Gasteiger partial charge in [0.15, 0.2) is 0 Å². The average molecular weight is 236 g/mol. The highest BCUT2D eigenvalue weighted by molar-refractivity contribution is 5.08. The van der Waals surface area contributed by atoms with Gasteiger partial charge in [-0.15, -0.1) is 0 Å². The lowest BCUT2D eigenvalue weighted by Crippen LogP contribution is -2.51. The zero-order chi connectivity index (χ0) is 12.7. The number of likely N-dealkylation sites (N-methyl/N-ethyl adjacent to an activating group) is 1. The van der Waals surface area contributed by atoms with Gasteiger partial charge in [-0.25, -0.2) is 0 Å². The molecule has 0 aliphatic heterocycles. The van der Waals surface area contributed by atoms with E-state index in [1.807, 2.05) is 25.4 Å². The molecular weight excluding hydrogens is 212 g/mol. The molecule has 1 heterocycles. The highest BCUT2D eigenvalue weighted by Crippen LogP contribution is 2.26. The Morgan fingerprint density at radius 3 is 2.47 bits per heavy atom. The van der Waals surface area contributed by atoms with Crippen LogP contribution in [-0.4, -0.2) is 30.8 Å². The Labute approximate surface area is 105 Å². The van der Waals surface area contributed by atoms with E-state index in [0.29, 0.717) is 0 Å². The summed E-state index contributed by atoms with van der Waals surface area (Å²) < 4.78 is 5.77. The molecule has 0 aliphatic carbocycles. The molecule has 0 amide bonds. The van der Waals surface area contributed by atoms with Crippen molar-refractivity contribution in [3.8, 4) is 0 Å². The molecule has 1 rings (SSSR count). The van der Waals surface area contributed by atoms with Crippen LogP contribution in [-0.2, 0) is 11.2 Å². The zero-order valence-corrected chi connectivity index (χ0v) is 11.4. The fourth-order valence-electron chi connectivity index (χ4n) is 2.45. The minimum Gasteiger partial charge on any atom is -0.377 e. The van der Waals surface area contributed by atoms with Gasteiger partial charge in [0, 0.05) is 31.5 Å². The van der Waals surface area contributed by atoms with Gasteiger partial charge in [0.25, 0.3) is 0 Å². The smallest absolute Gasteiger partial charge is 0.0829 e. The maximum Gasteiger partial charge on any atom is 0.0829 e. The lowest BCUT2D eigenvalue weighted by molar-refractivity contribution is -0.0456. The minimum absolute atomic E-state index is 0.105. The Bertz CT molecular complexity index is 301. The van der Waals surface area contributed by atoms with Gasteiger partial charge in [-0.05, 0) is 32.0 Å². The third-order valence-electron chi connectivity index (χ3n) is 3.73. The second kappa shape index (κ2) is 6.72. The van der Waals surface area contributed by atoms with E-state index in [1.54, 1.807) is 7.11 Å². The highest BCUT2D eigenvalue weighted by atomic mass is 16.5. The molecule has 1 aromatic heterocycles. The second-order valence-corrected chi connectivity index (χ2v) is 4.34. The second-order valence-electron chi connectivity index (χ2n) is 4.34. The van der Waals surface area contributed by atoms with Crippen LogP contribution in [0.4, 0.5) is 0 Å². The lowest BCUT2D eigenvalue weighted by Gasteiger charge is -2.38. The summed E-state index contributed by atoms with van der Waals surface area (Å²) in [4.78, 5) is 4.39. The molecule has 0 radical (unpaired) electrons. The van der Waals surface area contributed by atoms with Gasteiger partial charge in [0.2, 0.25) is 0 Å². The summed E-state index contributed by atoms with van der Waals surface area (Å²) in [6.07, 6.45) is 4.73. The number of nitrogens with zero attached hydrogens (tertiary/aromatic N) is 1. The Balaban J connectivity index is 2.83. The van der Waals surface area contributed by atoms with E-state index >= 15 is 0 Å². The molecule has 1 atom stereocenters. The van der Waals surface area contributed by atoms with Crippen LogP contribution in [0.5, 0.6) is 0 Å². The maximum atomic E-state index is 5.77. The number of nitrogens with one attached hydrogen (secondary N) is 1. The van der Waals surface area contributed by atoms with Crippen molar-refractivity contribution in [2.24, 2.45) is 0 Å². The minimum atomic E-state index is -0.105. The summed E-state index contributed by atoms with van der Waals surface area (Å²) in [5.74, 6) is 0. The summed E-state index contributed by atoms with van der Waals surface area (Å²) in [5, 5.41) is 3.38. The molecule has 3 heteroatoms. The van der Waals surface area contributed by atoms with Gasteiger partial charge in [0.1, 0.15) is 0 Å². The van der Waals surface area contributed by atoms with Gasteiger partial charge in [-0.3, -0.25) is 4.98 Å². The van der Waals surface area contributed by atoms with Crippen LogP contribution >= 0.6 is 0 Å². The molecule has 0 aromatic carbocycles. The quantitative estimate of drug-likeness (QED) is 0.789. The third kappa shape index (κ3) is 3.27. The van der Waals surface area contributed by atoms with Crippen molar-refractivity contribution in [3.63, 3.8) is 0 Å². The van der Waals surface area contributed by atoms with E-state index in [1.165, 1.54) is 0 Å². The first kappa shape index (κ1) is 14.1. The molecule has 17 heavy (non-hydrogen) atoms. The fourth-order valence-corrected chi connectivity index (χ4v) is 2.45. The SMILES string of the molecule is CCC(CC)(OC)C(Cc1ccccn1)NC. The van der Waals surface area contributed by atoms with Crippen LogP contribution in [0, 0.1) is 0 Å². The monoisotopic (exact) mass is 236 g/mol. The van der Waals surface area contributed by atoms with Crippen LogP contribution in [0.15, 0.2) is 24.4 Å². The van der Waals surface area contributed by atoms with Crippen LogP contribution < -0.4 is 5.32 Å². The molecule has 96 valence electrons. The first-order valence-corrected chi connectivity index (χ1v) is 6.34. The van der Waals surface area contributed by atoms with Crippen molar-refractivity contribution in [2.75, 3.05) is 14.2 Å². The predicted molar refractivity (Wildman–Crippen MR) is 71.1 cm³/mol. The largest absolute Gasteiger partial charge is 0.377 e. The molecule has 0 bridgehead atoms. The van der Waals surface area contributed by atoms with Crippen molar-refractivity contribution in [1.29, 1.82) is 0 Å². The normalized spacial score (nSPS) is 13.6. The molecule has 0 spiro atoms. The molecule has 0 aliphatic rings. The molecular formula is C14H24N2O. The maximum absolute atomic E-state index is 5.77. The molecule has 1 unspecified atom stereocenters. The number of aromatic nitrogens is 1. The molecule has 1 aromatic rings. The average Bonchev–Trinajstić information content (AvgIpc) is 2.41. The third-order valence-corrected chi connectivity index (χ3v) is 3.73. The molecule has 1 N–H and O–H groups in total. The number of methoxy groups -OCH3 is 1. The highest BCUT2D eigenvalue weighted by Gasteiger charge is 2.34. The van der Waals surface area contributed by atoms with E-state index in [4.69, 9.17) is 4.74 Å². The number of ether oxygens (including phenoxy) is 1. The van der Waals surface area contributed by atoms with Crippen molar-refractivity contribution >= 4 is 0 Å². The number of pyridine rings is 1. The topological polar surface area (TPSA) is 34.1 Å². The first-order chi connectivity index (χ1) is 8.22. The lowest BCUT2D eigenvalue weighted by atomic mass is 9.85. The van der Waals surface area contributed by atoms with Crippen LogP contribution in [0.1, 0.15) is 32.4 Å². The molecule has 0 fully saturated rings. The summed E-state index contributed by atoms with van der Waals surface area (Å²) in [5.41, 5.74) is 1.00. The van der Waals surface area contributed by atoms with Gasteiger partial charge < -0.3 is 10.1 Å². The van der Waals surface area contributed by atoms with E-state index in [9.17, 15) is 0 Å². The molecule has 0 saturated carbocycles. The molecule has 0 saturated heterocycles. The van der Waals surface area contributed by atoms with Gasteiger partial charge in [-0.1, -0.05) is 19.9 Å². The van der Waals surface area contributed by atoms with Gasteiger partial charge in [0.05, 0.1) is 5.60 Å². The zero-order valence-electron chi connectivity index (χ0n) is 11.4. The predicted octanol–water partition coefficient (Wildman–Crippen LogP) is 2.42. The summed E-state index contributed by atoms with van der Waals surface area (Å²) in [6.45, 7) is 4.35. The standard InChI is InChI=1S/C14H24N2O/c1-5-14(6-2,17-4)13(15-3)11-12-9-7-8-10-16-12/h7-10,13,15H,5-6,11H2,1-4H3. The Kier molecular flexibility index (Phi) is 5.59. The Morgan fingerprint density at radius 2 is 2.06 bits per heavy atom. The van der Waals surface area contributed by atoms with E-state index in [2.05, 4.69) is 30.2 Å². The van der Waals surface area contributed by atoms with Gasteiger partial charge in [-0.2, -0.15) is 0 Å². The number of hydrogen-bond acceptors (Lipinski definition) is 3. The van der Waals surface area contributed by atoms with Gasteiger partial charge >= 0.3 is 0 Å². The summed E-state index contributed by atoms with van der Waals surface area (Å²) in [6, 6.07) is 6.33. The number of rotatable bonds is 7. The Morgan fingerprint density at radius 1 is 1.35 bits per heavy atom. The van der Waals surface area contributed by atoms with E-state index in [-0.39, 0.29) is 11.6 Å². The summed E-state index contributed by atoms with van der Waals surface area (Å²) >= 11 is 0. The molecule has 3 nitrogen and oxygen atoms in total. The van der Waals surface area contributed by atoms with Crippen molar-refractivity contribution in [1.82, 2.24) is 10.3 Å². The first-order valence-electron chi connectivity index (χ1n) is 6.34. The Hall–Kier alpha value is -0.930. The van der Waals surface area contributed by atoms with Crippen LogP contribution in [0.2, 0.25) is 0 Å². The van der Waals surface area contributed by atoms with Crippen molar-refractivity contribution in [3.05, 3.63) is 30.1 Å². The number of hydrogen-bond donors (Lipinski definition) is 1. The van der Waals surface area contributed by atoms with E-state index in [0.717, 1.165) is 25.0 Å². The van der Waals surface area contributed by atoms with E-state index < -0.39 is 0 Å². The fraction of sp³-hybridized carbons (Fsp3) is 0.643. The van der Waals surface area contributed by atoms with Crippen molar-refractivity contribution in [2.45, 2.75) is 44.8 Å².